The van der Waals surface area contributed by atoms with Crippen LogP contribution in [0, 0.1) is 0 Å². The summed E-state index contributed by atoms with van der Waals surface area (Å²) in [5.74, 6) is 0.514. The molecule has 1 atom stereocenters. The van der Waals surface area contributed by atoms with Crippen molar-refractivity contribution < 1.29 is 33.6 Å². The lowest BCUT2D eigenvalue weighted by atomic mass is 9.94. The molecule has 5 rings (SSSR count). The SMILES string of the molecule is COc1cccc(CN2C(=O)C(=O)/C(=C(\O)c3ccc4c(c3)OCCO4)C2c2cccc(OC(C)C)c2)c1. The number of likely N-dealkylation sites (tertiary alicyclic amines) is 1. The molecule has 38 heavy (non-hydrogen) atoms. The molecule has 196 valence electrons. The van der Waals surface area contributed by atoms with Crippen LogP contribution < -0.4 is 18.9 Å². The van der Waals surface area contributed by atoms with Gasteiger partial charge in [0.25, 0.3) is 11.7 Å². The number of carbonyl (C=O) groups is 2. The molecule has 0 bridgehead atoms. The van der Waals surface area contributed by atoms with Crippen molar-refractivity contribution in [2.75, 3.05) is 20.3 Å². The first kappa shape index (κ1) is 25.2. The van der Waals surface area contributed by atoms with Gasteiger partial charge in [0.2, 0.25) is 0 Å². The van der Waals surface area contributed by atoms with Gasteiger partial charge in [0.1, 0.15) is 30.5 Å². The summed E-state index contributed by atoms with van der Waals surface area (Å²) in [5.41, 5.74) is 1.78. The molecule has 1 fully saturated rings. The molecule has 3 aromatic rings. The predicted octanol–water partition coefficient (Wildman–Crippen LogP) is 4.88. The van der Waals surface area contributed by atoms with Gasteiger partial charge in [-0.2, -0.15) is 0 Å². The predicted molar refractivity (Wildman–Crippen MR) is 140 cm³/mol. The maximum atomic E-state index is 13.5. The first-order valence-electron chi connectivity index (χ1n) is 12.4. The van der Waals surface area contributed by atoms with Crippen LogP contribution in [0.4, 0.5) is 0 Å². The molecule has 1 N–H and O–H groups in total. The molecule has 0 aromatic heterocycles. The number of rotatable bonds is 7. The molecule has 0 aliphatic carbocycles. The number of nitrogens with zero attached hydrogens (tertiary/aromatic N) is 1. The van der Waals surface area contributed by atoms with Crippen molar-refractivity contribution in [3.63, 3.8) is 0 Å². The molecule has 3 aromatic carbocycles. The van der Waals surface area contributed by atoms with Crippen molar-refractivity contribution in [1.29, 1.82) is 0 Å². The third-order valence-electron chi connectivity index (χ3n) is 6.39. The lowest BCUT2D eigenvalue weighted by Crippen LogP contribution is -2.29. The number of Topliss-reactive ketones (excluding diaryl/α,β-unsaturated/α-hetero) is 1. The highest BCUT2D eigenvalue weighted by Crippen LogP contribution is 2.42. The van der Waals surface area contributed by atoms with Crippen molar-refractivity contribution in [2.45, 2.75) is 32.5 Å². The smallest absolute Gasteiger partial charge is 0.295 e. The number of fused-ring (bicyclic) bond motifs is 1. The van der Waals surface area contributed by atoms with Gasteiger partial charge < -0.3 is 29.0 Å². The standard InChI is InChI=1S/C30H29NO7/c1-18(2)38-23-9-5-7-20(15-23)27-26(28(32)21-10-11-24-25(16-21)37-13-12-36-24)29(33)30(34)31(27)17-19-6-4-8-22(14-19)35-3/h4-11,14-16,18,27,32H,12-13,17H2,1-3H3/b28-26-. The largest absolute Gasteiger partial charge is 0.507 e. The quantitative estimate of drug-likeness (QED) is 0.272. The summed E-state index contributed by atoms with van der Waals surface area (Å²) < 4.78 is 22.5. The van der Waals surface area contributed by atoms with Gasteiger partial charge in [0, 0.05) is 12.1 Å². The normalized spacial score (nSPS) is 18.1. The maximum absolute atomic E-state index is 13.5. The molecular weight excluding hydrogens is 486 g/mol. The second kappa shape index (κ2) is 10.5. The van der Waals surface area contributed by atoms with Gasteiger partial charge in [-0.1, -0.05) is 24.3 Å². The number of aliphatic hydroxyl groups is 1. The number of carbonyl (C=O) groups excluding carboxylic acids is 2. The number of aliphatic hydroxyl groups excluding tert-OH is 1. The zero-order valence-electron chi connectivity index (χ0n) is 21.5. The van der Waals surface area contributed by atoms with Crippen molar-refractivity contribution in [2.24, 2.45) is 0 Å². The Kier molecular flexibility index (Phi) is 6.96. The second-order valence-electron chi connectivity index (χ2n) is 9.38. The van der Waals surface area contributed by atoms with Gasteiger partial charge in [0.05, 0.1) is 24.8 Å². The zero-order valence-corrected chi connectivity index (χ0v) is 21.5. The number of amides is 1. The van der Waals surface area contributed by atoms with Crippen molar-refractivity contribution in [3.05, 3.63) is 89.0 Å². The zero-order chi connectivity index (χ0) is 26.8. The summed E-state index contributed by atoms with van der Waals surface area (Å²) in [7, 11) is 1.57. The van der Waals surface area contributed by atoms with E-state index in [9.17, 15) is 14.7 Å². The number of hydrogen-bond donors (Lipinski definition) is 1. The summed E-state index contributed by atoms with van der Waals surface area (Å²) in [4.78, 5) is 28.3. The molecular formula is C30H29NO7. The maximum Gasteiger partial charge on any atom is 0.295 e. The van der Waals surface area contributed by atoms with Crippen LogP contribution in [0.5, 0.6) is 23.0 Å². The minimum absolute atomic E-state index is 0.00345. The molecule has 2 aliphatic rings. The highest BCUT2D eigenvalue weighted by molar-refractivity contribution is 6.46. The minimum atomic E-state index is -0.842. The van der Waals surface area contributed by atoms with E-state index in [0.717, 1.165) is 5.56 Å². The lowest BCUT2D eigenvalue weighted by molar-refractivity contribution is -0.140. The van der Waals surface area contributed by atoms with E-state index in [-0.39, 0.29) is 24.0 Å². The Bertz CT molecular complexity index is 1410. The molecule has 0 radical (unpaired) electrons. The van der Waals surface area contributed by atoms with Gasteiger partial charge in [-0.05, 0) is 67.4 Å². The average molecular weight is 516 g/mol. The second-order valence-corrected chi connectivity index (χ2v) is 9.38. The van der Waals surface area contributed by atoms with Gasteiger partial charge in [0.15, 0.2) is 11.5 Å². The number of ether oxygens (including phenoxy) is 4. The first-order valence-corrected chi connectivity index (χ1v) is 12.4. The van der Waals surface area contributed by atoms with Crippen LogP contribution >= 0.6 is 0 Å². The minimum Gasteiger partial charge on any atom is -0.507 e. The van der Waals surface area contributed by atoms with E-state index in [1.165, 1.54) is 4.90 Å². The first-order chi connectivity index (χ1) is 18.4. The fraction of sp³-hybridized carbons (Fsp3) is 0.267. The van der Waals surface area contributed by atoms with E-state index >= 15 is 0 Å². The van der Waals surface area contributed by atoms with E-state index < -0.39 is 17.7 Å². The molecule has 2 heterocycles. The van der Waals surface area contributed by atoms with Crippen molar-refractivity contribution in [1.82, 2.24) is 4.90 Å². The summed E-state index contributed by atoms with van der Waals surface area (Å²) in [6.45, 7) is 4.79. The average Bonchev–Trinajstić information content (AvgIpc) is 3.17. The molecule has 1 amide bonds. The highest BCUT2D eigenvalue weighted by atomic mass is 16.6. The van der Waals surface area contributed by atoms with Crippen LogP contribution in [0.25, 0.3) is 5.76 Å². The van der Waals surface area contributed by atoms with Gasteiger partial charge in [-0.25, -0.2) is 0 Å². The Morgan fingerprint density at radius 1 is 0.974 bits per heavy atom. The number of ketones is 1. The van der Waals surface area contributed by atoms with Crippen LogP contribution in [-0.4, -0.2) is 48.1 Å². The van der Waals surface area contributed by atoms with E-state index in [4.69, 9.17) is 18.9 Å². The van der Waals surface area contributed by atoms with Crippen LogP contribution in [0.2, 0.25) is 0 Å². The van der Waals surface area contributed by atoms with Crippen LogP contribution in [0.1, 0.15) is 36.6 Å². The molecule has 8 nitrogen and oxygen atoms in total. The fourth-order valence-electron chi connectivity index (χ4n) is 4.73. The highest BCUT2D eigenvalue weighted by Gasteiger charge is 2.46. The Labute approximate surface area is 221 Å². The summed E-state index contributed by atoms with van der Waals surface area (Å²) in [5, 5.41) is 11.5. The van der Waals surface area contributed by atoms with Crippen LogP contribution in [0.15, 0.2) is 72.3 Å². The number of methoxy groups -OCH3 is 1. The third-order valence-corrected chi connectivity index (χ3v) is 6.39. The monoisotopic (exact) mass is 515 g/mol. The Balaban J connectivity index is 1.63. The Morgan fingerprint density at radius 3 is 2.47 bits per heavy atom. The van der Waals surface area contributed by atoms with Crippen molar-refractivity contribution in [3.8, 4) is 23.0 Å². The summed E-state index contributed by atoms with van der Waals surface area (Å²) in [6, 6.07) is 18.7. The summed E-state index contributed by atoms with van der Waals surface area (Å²) in [6.07, 6.45) is -0.0638. The third kappa shape index (κ3) is 4.89. The Morgan fingerprint density at radius 2 is 1.71 bits per heavy atom. The molecule has 1 saturated heterocycles. The number of hydrogen-bond acceptors (Lipinski definition) is 7. The lowest BCUT2D eigenvalue weighted by Gasteiger charge is -2.26. The molecule has 0 spiro atoms. The summed E-state index contributed by atoms with van der Waals surface area (Å²) >= 11 is 0. The molecule has 2 aliphatic heterocycles. The van der Waals surface area contributed by atoms with Gasteiger partial charge in [-0.3, -0.25) is 9.59 Å². The molecule has 1 unspecified atom stereocenters. The molecule has 0 saturated carbocycles. The van der Waals surface area contributed by atoms with Gasteiger partial charge in [-0.15, -0.1) is 0 Å². The topological polar surface area (TPSA) is 94.5 Å². The van der Waals surface area contributed by atoms with Crippen molar-refractivity contribution >= 4 is 17.4 Å². The van der Waals surface area contributed by atoms with E-state index in [0.29, 0.717) is 47.3 Å². The van der Waals surface area contributed by atoms with E-state index in [1.54, 1.807) is 31.4 Å². The van der Waals surface area contributed by atoms with E-state index in [1.807, 2.05) is 56.3 Å². The van der Waals surface area contributed by atoms with Crippen LogP contribution in [-0.2, 0) is 16.1 Å². The molecule has 8 heteroatoms. The van der Waals surface area contributed by atoms with E-state index in [2.05, 4.69) is 0 Å². The fourth-order valence-corrected chi connectivity index (χ4v) is 4.73. The van der Waals surface area contributed by atoms with Gasteiger partial charge >= 0.3 is 0 Å². The van der Waals surface area contributed by atoms with Crippen LogP contribution in [0.3, 0.4) is 0 Å². The Hall–Kier alpha value is -4.46. The number of benzene rings is 3.